The van der Waals surface area contributed by atoms with E-state index in [4.69, 9.17) is 4.74 Å². The third-order valence-corrected chi connectivity index (χ3v) is 2.52. The molecule has 0 saturated carbocycles. The van der Waals surface area contributed by atoms with Gasteiger partial charge in [-0.05, 0) is 24.4 Å². The number of carbonyl (C=O) groups excluding carboxylic acids is 1. The Morgan fingerprint density at radius 3 is 2.59 bits per heavy atom. The molecule has 3 nitrogen and oxygen atoms in total. The highest BCUT2D eigenvalue weighted by Gasteiger charge is 2.06. The number of hydrogen-bond donors (Lipinski definition) is 1. The van der Waals surface area contributed by atoms with Crippen LogP contribution in [0.2, 0.25) is 0 Å². The van der Waals surface area contributed by atoms with Gasteiger partial charge in [0.25, 0.3) is 0 Å². The first-order valence-electron chi connectivity index (χ1n) is 5.50. The van der Waals surface area contributed by atoms with E-state index in [9.17, 15) is 9.90 Å². The molecule has 0 fully saturated rings. The summed E-state index contributed by atoms with van der Waals surface area (Å²) in [6, 6.07) is 11.1. The Bertz CT molecular complexity index is 532. The molecule has 0 saturated heterocycles. The van der Waals surface area contributed by atoms with Crippen LogP contribution in [0.15, 0.2) is 36.4 Å². The van der Waals surface area contributed by atoms with Gasteiger partial charge in [-0.15, -0.1) is 0 Å². The van der Waals surface area contributed by atoms with Crippen LogP contribution in [0.25, 0.3) is 10.8 Å². The molecule has 2 aromatic carbocycles. The summed E-state index contributed by atoms with van der Waals surface area (Å²) in [5.41, 5.74) is 0.644. The zero-order valence-corrected chi connectivity index (χ0v) is 9.59. The highest BCUT2D eigenvalue weighted by Crippen LogP contribution is 2.27. The Kier molecular flexibility index (Phi) is 3.40. The molecule has 0 aliphatic carbocycles. The minimum absolute atomic E-state index is 0.241. The van der Waals surface area contributed by atoms with Gasteiger partial charge < -0.3 is 9.84 Å². The number of aliphatic hydroxyl groups is 1. The molecule has 0 spiro atoms. The first-order chi connectivity index (χ1) is 8.22. The number of aliphatic hydroxyl groups excluding tert-OH is 1. The summed E-state index contributed by atoms with van der Waals surface area (Å²) in [5.74, 6) is 0.687. The minimum Gasteiger partial charge on any atom is -0.490 e. The molecular formula is C14H14O3. The summed E-state index contributed by atoms with van der Waals surface area (Å²) >= 11 is 0. The first-order valence-corrected chi connectivity index (χ1v) is 5.50. The Hall–Kier alpha value is -1.87. The predicted molar refractivity (Wildman–Crippen MR) is 66.5 cm³/mol. The van der Waals surface area contributed by atoms with Gasteiger partial charge in [0.05, 0.1) is 6.10 Å². The van der Waals surface area contributed by atoms with E-state index in [1.54, 1.807) is 19.1 Å². The van der Waals surface area contributed by atoms with Gasteiger partial charge in [0.2, 0.25) is 0 Å². The Balaban J connectivity index is 2.47. The fourth-order valence-corrected chi connectivity index (χ4v) is 1.73. The van der Waals surface area contributed by atoms with Gasteiger partial charge in [-0.2, -0.15) is 0 Å². The van der Waals surface area contributed by atoms with Gasteiger partial charge in [0.15, 0.2) is 6.29 Å². The van der Waals surface area contributed by atoms with Crippen LogP contribution in [-0.4, -0.2) is 24.1 Å². The van der Waals surface area contributed by atoms with E-state index in [1.807, 2.05) is 24.3 Å². The maximum Gasteiger partial charge on any atom is 0.150 e. The maximum atomic E-state index is 10.9. The molecular weight excluding hydrogens is 216 g/mol. The average molecular weight is 230 g/mol. The molecule has 3 heteroatoms. The van der Waals surface area contributed by atoms with E-state index in [-0.39, 0.29) is 6.61 Å². The van der Waals surface area contributed by atoms with Crippen molar-refractivity contribution in [1.82, 2.24) is 0 Å². The highest BCUT2D eigenvalue weighted by molar-refractivity contribution is 6.00. The van der Waals surface area contributed by atoms with Gasteiger partial charge in [-0.1, -0.05) is 24.3 Å². The van der Waals surface area contributed by atoms with Crippen LogP contribution in [0, 0.1) is 0 Å². The molecule has 0 unspecified atom stereocenters. The van der Waals surface area contributed by atoms with Crippen molar-refractivity contribution in [3.8, 4) is 5.75 Å². The van der Waals surface area contributed by atoms with Gasteiger partial charge in [-0.3, -0.25) is 4.79 Å². The molecule has 0 bridgehead atoms. The molecule has 0 amide bonds. The van der Waals surface area contributed by atoms with E-state index in [0.29, 0.717) is 11.3 Å². The summed E-state index contributed by atoms with van der Waals surface area (Å²) in [6.07, 6.45) is 0.320. The zero-order chi connectivity index (χ0) is 12.3. The zero-order valence-electron chi connectivity index (χ0n) is 9.59. The third-order valence-electron chi connectivity index (χ3n) is 2.52. The largest absolute Gasteiger partial charge is 0.490 e. The van der Waals surface area contributed by atoms with Crippen molar-refractivity contribution in [2.24, 2.45) is 0 Å². The van der Waals surface area contributed by atoms with Gasteiger partial charge in [-0.25, -0.2) is 0 Å². The summed E-state index contributed by atoms with van der Waals surface area (Å²) in [4.78, 5) is 10.9. The number of fused-ring (bicyclic) bond motifs is 1. The first kappa shape index (κ1) is 11.6. The Morgan fingerprint density at radius 1 is 1.24 bits per heavy atom. The lowest BCUT2D eigenvalue weighted by molar-refractivity contribution is 0.112. The van der Waals surface area contributed by atoms with Crippen molar-refractivity contribution in [2.75, 3.05) is 6.61 Å². The summed E-state index contributed by atoms with van der Waals surface area (Å²) < 4.78 is 5.51. The van der Waals surface area contributed by atoms with Crippen LogP contribution in [0.4, 0.5) is 0 Å². The molecule has 0 aliphatic heterocycles. The molecule has 0 radical (unpaired) electrons. The number of hydrogen-bond acceptors (Lipinski definition) is 3. The van der Waals surface area contributed by atoms with Crippen LogP contribution in [0.1, 0.15) is 17.3 Å². The molecule has 1 atom stereocenters. The molecule has 0 aliphatic rings. The summed E-state index contributed by atoms with van der Waals surface area (Å²) in [5, 5.41) is 11.0. The second-order valence-electron chi connectivity index (χ2n) is 3.98. The summed E-state index contributed by atoms with van der Waals surface area (Å²) in [6.45, 7) is 1.91. The fraction of sp³-hybridized carbons (Fsp3) is 0.214. The van der Waals surface area contributed by atoms with E-state index in [1.165, 1.54) is 0 Å². The molecule has 1 N–H and O–H groups in total. The lowest BCUT2D eigenvalue weighted by Crippen LogP contribution is -2.12. The third kappa shape index (κ3) is 2.45. The van der Waals surface area contributed by atoms with Gasteiger partial charge in [0.1, 0.15) is 12.4 Å². The second kappa shape index (κ2) is 4.97. The van der Waals surface area contributed by atoms with Crippen LogP contribution in [0.5, 0.6) is 5.75 Å². The average Bonchev–Trinajstić information content (AvgIpc) is 2.35. The van der Waals surface area contributed by atoms with E-state index in [2.05, 4.69) is 0 Å². The second-order valence-corrected chi connectivity index (χ2v) is 3.98. The Morgan fingerprint density at radius 2 is 1.94 bits per heavy atom. The van der Waals surface area contributed by atoms with Crippen LogP contribution in [0.3, 0.4) is 0 Å². The van der Waals surface area contributed by atoms with E-state index in [0.717, 1.165) is 17.1 Å². The SMILES string of the molecule is C[C@H](O)COc1ccc(C=O)c2ccccc12. The minimum atomic E-state index is -0.514. The fourth-order valence-electron chi connectivity index (χ4n) is 1.73. The van der Waals surface area contributed by atoms with Crippen LogP contribution < -0.4 is 4.74 Å². The molecule has 0 aromatic heterocycles. The number of ether oxygens (including phenoxy) is 1. The van der Waals surface area contributed by atoms with Crippen LogP contribution in [-0.2, 0) is 0 Å². The smallest absolute Gasteiger partial charge is 0.150 e. The van der Waals surface area contributed by atoms with Crippen LogP contribution >= 0.6 is 0 Å². The molecule has 17 heavy (non-hydrogen) atoms. The van der Waals surface area contributed by atoms with Gasteiger partial charge in [0, 0.05) is 10.9 Å². The molecule has 2 rings (SSSR count). The highest BCUT2D eigenvalue weighted by atomic mass is 16.5. The van der Waals surface area contributed by atoms with Crippen molar-refractivity contribution in [3.63, 3.8) is 0 Å². The van der Waals surface area contributed by atoms with Crippen molar-refractivity contribution >= 4 is 17.1 Å². The van der Waals surface area contributed by atoms with Crippen molar-refractivity contribution in [2.45, 2.75) is 13.0 Å². The lowest BCUT2D eigenvalue weighted by Gasteiger charge is -2.11. The number of benzene rings is 2. The predicted octanol–water partition coefficient (Wildman–Crippen LogP) is 2.41. The topological polar surface area (TPSA) is 46.5 Å². The summed E-state index contributed by atoms with van der Waals surface area (Å²) in [7, 11) is 0. The Labute approximate surface area is 99.6 Å². The maximum absolute atomic E-state index is 10.9. The monoisotopic (exact) mass is 230 g/mol. The lowest BCUT2D eigenvalue weighted by atomic mass is 10.0. The standard InChI is InChI=1S/C14H14O3/c1-10(16)9-17-14-7-6-11(8-15)12-4-2-3-5-13(12)14/h2-8,10,16H,9H2,1H3/t10-/m0/s1. The number of aldehydes is 1. The molecule has 0 heterocycles. The van der Waals surface area contributed by atoms with Gasteiger partial charge >= 0.3 is 0 Å². The van der Waals surface area contributed by atoms with E-state index >= 15 is 0 Å². The van der Waals surface area contributed by atoms with Crippen molar-refractivity contribution < 1.29 is 14.6 Å². The van der Waals surface area contributed by atoms with Crippen molar-refractivity contribution in [1.29, 1.82) is 0 Å². The molecule has 88 valence electrons. The molecule has 2 aromatic rings. The number of carbonyl (C=O) groups is 1. The van der Waals surface area contributed by atoms with Crippen molar-refractivity contribution in [3.05, 3.63) is 42.0 Å². The normalized spacial score (nSPS) is 12.4. The number of rotatable bonds is 4. The quantitative estimate of drug-likeness (QED) is 0.820. The van der Waals surface area contributed by atoms with E-state index < -0.39 is 6.10 Å².